The molecule has 0 saturated carbocycles. The molecule has 0 fully saturated rings. The van der Waals surface area contributed by atoms with Crippen molar-refractivity contribution in [2.24, 2.45) is 16.6 Å². The Kier molecular flexibility index (Phi) is 3.05. The topological polar surface area (TPSA) is 100 Å². The summed E-state index contributed by atoms with van der Waals surface area (Å²) in [5, 5.41) is 8.87. The number of nitriles is 1. The first kappa shape index (κ1) is 10.0. The fourth-order valence-corrected chi connectivity index (χ4v) is 1.05. The molecule has 5 heteroatoms. The van der Waals surface area contributed by atoms with Crippen molar-refractivity contribution < 1.29 is 0 Å². The summed E-state index contributed by atoms with van der Waals surface area (Å²) in [7, 11) is 0. The smallest absolute Gasteiger partial charge is 0.208 e. The fraction of sp³-hybridized carbons (Fsp3) is 0.111. The minimum absolute atomic E-state index is 0.0760. The number of hydrogen-bond donors (Lipinski definition) is 3. The third kappa shape index (κ3) is 2.00. The molecule has 0 unspecified atom stereocenters. The number of guanidine groups is 1. The molecule has 0 aliphatic heterocycles. The lowest BCUT2D eigenvalue weighted by Crippen LogP contribution is -2.36. The van der Waals surface area contributed by atoms with Crippen LogP contribution in [0.2, 0.25) is 0 Å². The number of benzene rings is 1. The molecule has 1 aromatic rings. The maximum atomic E-state index is 8.87. The van der Waals surface area contributed by atoms with Crippen LogP contribution in [0, 0.1) is 18.3 Å². The molecular weight excluding hydrogens is 178 g/mol. The van der Waals surface area contributed by atoms with E-state index in [-0.39, 0.29) is 5.96 Å². The molecule has 1 aromatic carbocycles. The molecule has 14 heavy (non-hydrogen) atoms. The maximum Gasteiger partial charge on any atom is 0.208 e. The lowest BCUT2D eigenvalue weighted by Gasteiger charge is -2.02. The molecule has 0 radical (unpaired) electrons. The van der Waals surface area contributed by atoms with E-state index in [4.69, 9.17) is 16.8 Å². The standard InChI is InChI=1S/C9H11N5/c1-6-3-2-4-8(7(6)5-10)13-9(11)14-12/h2-4H,12H2,1H3,(H3,11,13,14). The van der Waals surface area contributed by atoms with E-state index in [0.29, 0.717) is 11.3 Å². The van der Waals surface area contributed by atoms with E-state index in [1.165, 1.54) is 0 Å². The second-order valence-corrected chi connectivity index (χ2v) is 2.72. The van der Waals surface area contributed by atoms with Gasteiger partial charge in [0.1, 0.15) is 6.07 Å². The van der Waals surface area contributed by atoms with Crippen LogP contribution in [0.5, 0.6) is 0 Å². The Morgan fingerprint density at radius 2 is 2.29 bits per heavy atom. The summed E-state index contributed by atoms with van der Waals surface area (Å²) in [5.74, 6) is 5.14. The number of hydrazine groups is 1. The summed E-state index contributed by atoms with van der Waals surface area (Å²) in [6, 6.07) is 7.41. The summed E-state index contributed by atoms with van der Waals surface area (Å²) in [5.41, 5.74) is 9.47. The van der Waals surface area contributed by atoms with Crippen LogP contribution in [0.1, 0.15) is 11.1 Å². The van der Waals surface area contributed by atoms with Gasteiger partial charge in [-0.1, -0.05) is 12.1 Å². The molecule has 72 valence electrons. The molecular formula is C9H11N5. The van der Waals surface area contributed by atoms with Crippen LogP contribution in [0.25, 0.3) is 0 Å². The zero-order valence-corrected chi connectivity index (χ0v) is 7.78. The van der Waals surface area contributed by atoms with Gasteiger partial charge in [0.25, 0.3) is 0 Å². The minimum atomic E-state index is 0.0760. The summed E-state index contributed by atoms with van der Waals surface area (Å²) in [6.07, 6.45) is 0. The lowest BCUT2D eigenvalue weighted by atomic mass is 10.1. The fourth-order valence-electron chi connectivity index (χ4n) is 1.05. The van der Waals surface area contributed by atoms with Gasteiger partial charge in [-0.3, -0.25) is 5.43 Å². The summed E-state index contributed by atoms with van der Waals surface area (Å²) >= 11 is 0. The summed E-state index contributed by atoms with van der Waals surface area (Å²) in [4.78, 5) is 3.94. The van der Waals surface area contributed by atoms with Gasteiger partial charge in [-0.25, -0.2) is 10.8 Å². The van der Waals surface area contributed by atoms with Gasteiger partial charge in [-0.2, -0.15) is 5.26 Å². The van der Waals surface area contributed by atoms with Crippen LogP contribution >= 0.6 is 0 Å². The Labute approximate surface area is 82.0 Å². The maximum absolute atomic E-state index is 8.87. The molecule has 0 bridgehead atoms. The van der Waals surface area contributed by atoms with Crippen LogP contribution in [0.3, 0.4) is 0 Å². The zero-order chi connectivity index (χ0) is 10.6. The first-order chi connectivity index (χ1) is 6.69. The largest absolute Gasteiger partial charge is 0.369 e. The Bertz CT molecular complexity index is 402. The molecule has 0 amide bonds. The van der Waals surface area contributed by atoms with E-state index in [9.17, 15) is 0 Å². The Morgan fingerprint density at radius 1 is 1.57 bits per heavy atom. The van der Waals surface area contributed by atoms with Crippen LogP contribution in [-0.2, 0) is 0 Å². The minimum Gasteiger partial charge on any atom is -0.369 e. The van der Waals surface area contributed by atoms with Crippen LogP contribution < -0.4 is 17.0 Å². The van der Waals surface area contributed by atoms with Crippen molar-refractivity contribution in [2.45, 2.75) is 6.92 Å². The van der Waals surface area contributed by atoms with E-state index in [1.807, 2.05) is 13.0 Å². The quantitative estimate of drug-likeness (QED) is 0.255. The van der Waals surface area contributed by atoms with Crippen molar-refractivity contribution in [2.75, 3.05) is 0 Å². The highest BCUT2D eigenvalue weighted by atomic mass is 15.3. The van der Waals surface area contributed by atoms with Crippen molar-refractivity contribution in [3.8, 4) is 6.07 Å². The molecule has 0 saturated heterocycles. The van der Waals surface area contributed by atoms with E-state index in [2.05, 4.69) is 16.5 Å². The van der Waals surface area contributed by atoms with E-state index < -0.39 is 0 Å². The van der Waals surface area contributed by atoms with Crippen molar-refractivity contribution in [1.29, 1.82) is 5.26 Å². The predicted octanol–water partition coefficient (Wildman–Crippen LogP) is 0.276. The van der Waals surface area contributed by atoms with Crippen molar-refractivity contribution >= 4 is 11.6 Å². The molecule has 0 aliphatic carbocycles. The van der Waals surface area contributed by atoms with E-state index >= 15 is 0 Å². The van der Waals surface area contributed by atoms with Gasteiger partial charge < -0.3 is 5.73 Å². The third-order valence-corrected chi connectivity index (χ3v) is 1.75. The zero-order valence-electron chi connectivity index (χ0n) is 7.78. The van der Waals surface area contributed by atoms with Gasteiger partial charge in [0, 0.05) is 0 Å². The number of nitrogens with zero attached hydrogens (tertiary/aromatic N) is 2. The highest BCUT2D eigenvalue weighted by Crippen LogP contribution is 2.20. The van der Waals surface area contributed by atoms with E-state index in [1.54, 1.807) is 12.1 Å². The number of aryl methyl sites for hydroxylation is 1. The molecule has 1 rings (SSSR count). The van der Waals surface area contributed by atoms with Crippen molar-refractivity contribution in [1.82, 2.24) is 5.43 Å². The highest BCUT2D eigenvalue weighted by molar-refractivity contribution is 5.81. The van der Waals surface area contributed by atoms with E-state index in [0.717, 1.165) is 5.56 Å². The number of nitrogens with one attached hydrogen (secondary N) is 1. The second kappa shape index (κ2) is 4.25. The molecule has 5 nitrogen and oxygen atoms in total. The predicted molar refractivity (Wildman–Crippen MR) is 54.5 cm³/mol. The number of hydrogen-bond acceptors (Lipinski definition) is 3. The Hall–Kier alpha value is -2.06. The normalized spacial score (nSPS) is 10.8. The van der Waals surface area contributed by atoms with Gasteiger partial charge >= 0.3 is 0 Å². The van der Waals surface area contributed by atoms with Gasteiger partial charge in [0.05, 0.1) is 11.3 Å². The lowest BCUT2D eigenvalue weighted by molar-refractivity contribution is 1.01. The van der Waals surface area contributed by atoms with Crippen LogP contribution in [0.15, 0.2) is 23.2 Å². The SMILES string of the molecule is Cc1cccc(N=C(N)NN)c1C#N. The van der Waals surface area contributed by atoms with Gasteiger partial charge in [0.15, 0.2) is 0 Å². The molecule has 0 aliphatic rings. The highest BCUT2D eigenvalue weighted by Gasteiger charge is 2.03. The van der Waals surface area contributed by atoms with Gasteiger partial charge in [-0.05, 0) is 18.6 Å². The molecule has 5 N–H and O–H groups in total. The van der Waals surface area contributed by atoms with Crippen LogP contribution in [-0.4, -0.2) is 5.96 Å². The number of aliphatic imine (C=N–C) groups is 1. The molecule has 0 atom stereocenters. The van der Waals surface area contributed by atoms with Crippen molar-refractivity contribution in [3.05, 3.63) is 29.3 Å². The third-order valence-electron chi connectivity index (χ3n) is 1.75. The Morgan fingerprint density at radius 3 is 2.86 bits per heavy atom. The first-order valence-electron chi connectivity index (χ1n) is 3.99. The van der Waals surface area contributed by atoms with Gasteiger partial charge in [0.2, 0.25) is 5.96 Å². The van der Waals surface area contributed by atoms with Crippen molar-refractivity contribution in [3.63, 3.8) is 0 Å². The molecule has 0 heterocycles. The van der Waals surface area contributed by atoms with Crippen LogP contribution in [0.4, 0.5) is 5.69 Å². The monoisotopic (exact) mass is 189 g/mol. The number of nitrogens with two attached hydrogens (primary N) is 2. The summed E-state index contributed by atoms with van der Waals surface area (Å²) < 4.78 is 0. The second-order valence-electron chi connectivity index (χ2n) is 2.72. The molecule has 0 aromatic heterocycles. The summed E-state index contributed by atoms with van der Waals surface area (Å²) in [6.45, 7) is 1.84. The average Bonchev–Trinajstić information content (AvgIpc) is 2.18. The van der Waals surface area contributed by atoms with Gasteiger partial charge in [-0.15, -0.1) is 0 Å². The molecule has 0 spiro atoms. The first-order valence-corrected chi connectivity index (χ1v) is 3.99. The Balaban J connectivity index is 3.23. The number of rotatable bonds is 1. The average molecular weight is 189 g/mol.